The molecule has 26 heavy (non-hydrogen) atoms. The number of carboxylic acids is 1. The van der Waals surface area contributed by atoms with Crippen LogP contribution in [0, 0.1) is 0 Å². The van der Waals surface area contributed by atoms with Gasteiger partial charge in [-0.15, -0.1) is 0 Å². The summed E-state index contributed by atoms with van der Waals surface area (Å²) in [5.41, 5.74) is 7.04. The second-order valence-corrected chi connectivity index (χ2v) is 6.73. The van der Waals surface area contributed by atoms with Crippen LogP contribution in [0.1, 0.15) is 25.0 Å². The molecule has 1 aromatic heterocycles. The zero-order valence-corrected chi connectivity index (χ0v) is 14.9. The summed E-state index contributed by atoms with van der Waals surface area (Å²) in [6.45, 7) is 2.20. The van der Waals surface area contributed by atoms with Gasteiger partial charge in [0, 0.05) is 37.7 Å². The van der Waals surface area contributed by atoms with Gasteiger partial charge in [0.25, 0.3) is 0 Å². The van der Waals surface area contributed by atoms with Crippen LogP contribution in [0.5, 0.6) is 0 Å². The Bertz CT molecular complexity index is 779. The van der Waals surface area contributed by atoms with E-state index in [-0.39, 0.29) is 11.6 Å². The van der Waals surface area contributed by atoms with Crippen molar-refractivity contribution in [2.24, 2.45) is 5.73 Å². The minimum atomic E-state index is -1.04. The zero-order valence-electron chi connectivity index (χ0n) is 14.1. The van der Waals surface area contributed by atoms with Gasteiger partial charge in [-0.05, 0) is 18.9 Å². The smallest absolute Gasteiger partial charge is 0.352 e. The molecule has 0 saturated carbocycles. The zero-order chi connectivity index (χ0) is 18.5. The first-order valence-corrected chi connectivity index (χ1v) is 9.14. The number of amides is 1. The van der Waals surface area contributed by atoms with Crippen molar-refractivity contribution in [3.63, 3.8) is 0 Å². The lowest BCUT2D eigenvalue weighted by molar-refractivity contribution is -0.133. The molecule has 2 aliphatic heterocycles. The van der Waals surface area contributed by atoms with Gasteiger partial charge >= 0.3 is 5.97 Å². The summed E-state index contributed by atoms with van der Waals surface area (Å²) in [5.74, 6) is -0.381. The van der Waals surface area contributed by atoms with Gasteiger partial charge in [-0.3, -0.25) is 4.79 Å². The number of nitrogens with one attached hydrogen (secondary N) is 2. The van der Waals surface area contributed by atoms with E-state index in [9.17, 15) is 9.59 Å². The summed E-state index contributed by atoms with van der Waals surface area (Å²) in [7, 11) is 0. The number of aliphatic carboxylic acids is 1. The summed E-state index contributed by atoms with van der Waals surface area (Å²) in [4.78, 5) is 32.9. The van der Waals surface area contributed by atoms with E-state index in [4.69, 9.17) is 10.8 Å². The summed E-state index contributed by atoms with van der Waals surface area (Å²) < 4.78 is 0. The van der Waals surface area contributed by atoms with Gasteiger partial charge in [0.2, 0.25) is 11.9 Å². The molecule has 1 fully saturated rings. The number of hydrogen-bond acceptors (Lipinski definition) is 8. The summed E-state index contributed by atoms with van der Waals surface area (Å²) in [6.07, 6.45) is 3.99. The van der Waals surface area contributed by atoms with E-state index >= 15 is 0 Å². The molecule has 0 unspecified atom stereocenters. The fourth-order valence-electron chi connectivity index (χ4n) is 2.65. The molecule has 0 atom stereocenters. The fraction of sp³-hybridized carbons (Fsp3) is 0.375. The summed E-state index contributed by atoms with van der Waals surface area (Å²) in [6, 6.07) is 1.66. The first kappa shape index (κ1) is 18.1. The standard InChI is InChI=1S/C16H20N6O3S/c17-13(14-20-11(9-26-14)15(24)25)10-4-6-19-16(21-10)18-5-2-8-22-7-1-3-12(22)23/h4,6,9,20H,1-3,5,7-8,17H2,(H,24,25)(H,18,19,21)/b14-13+. The Kier molecular flexibility index (Phi) is 5.61. The topological polar surface area (TPSA) is 133 Å². The number of nitrogens with two attached hydrogens (primary N) is 1. The molecule has 0 radical (unpaired) electrons. The number of carbonyl (C=O) groups is 2. The van der Waals surface area contributed by atoms with Crippen LogP contribution in [0.3, 0.4) is 0 Å². The molecule has 9 nitrogen and oxygen atoms in total. The maximum atomic E-state index is 11.6. The number of hydrogen-bond donors (Lipinski definition) is 4. The molecule has 0 spiro atoms. The predicted octanol–water partition coefficient (Wildman–Crippen LogP) is 0.748. The van der Waals surface area contributed by atoms with E-state index in [0.717, 1.165) is 25.9 Å². The summed E-state index contributed by atoms with van der Waals surface area (Å²) >= 11 is 1.21. The second-order valence-electron chi connectivity index (χ2n) is 5.85. The van der Waals surface area contributed by atoms with E-state index in [1.165, 1.54) is 17.2 Å². The minimum Gasteiger partial charge on any atom is -0.477 e. The molecule has 1 amide bonds. The highest BCUT2D eigenvalue weighted by Gasteiger charge is 2.20. The molecule has 3 rings (SSSR count). The third kappa shape index (κ3) is 4.26. The van der Waals surface area contributed by atoms with E-state index in [0.29, 0.717) is 35.3 Å². The van der Waals surface area contributed by atoms with Crippen molar-refractivity contribution in [3.8, 4) is 0 Å². The number of thioether (sulfide) groups is 1. The molecule has 10 heteroatoms. The Morgan fingerprint density at radius 2 is 2.35 bits per heavy atom. The Hall–Kier alpha value is -2.75. The van der Waals surface area contributed by atoms with Crippen molar-refractivity contribution in [2.75, 3.05) is 25.0 Å². The van der Waals surface area contributed by atoms with Crippen molar-refractivity contribution in [1.29, 1.82) is 0 Å². The first-order valence-electron chi connectivity index (χ1n) is 8.26. The van der Waals surface area contributed by atoms with Crippen LogP contribution in [0.2, 0.25) is 0 Å². The highest BCUT2D eigenvalue weighted by molar-refractivity contribution is 8.06. The SMILES string of the molecule is N/C(=C1\NC(C(=O)O)=CS1)c1ccnc(NCCCN2CCCC2=O)n1. The van der Waals surface area contributed by atoms with Gasteiger partial charge in [0.1, 0.15) is 10.7 Å². The van der Waals surface area contributed by atoms with Crippen LogP contribution in [-0.4, -0.2) is 51.5 Å². The third-order valence-electron chi connectivity index (χ3n) is 4.01. The highest BCUT2D eigenvalue weighted by atomic mass is 32.2. The number of likely N-dealkylation sites (tertiary alicyclic amines) is 1. The maximum Gasteiger partial charge on any atom is 0.352 e. The van der Waals surface area contributed by atoms with E-state index in [1.807, 2.05) is 4.90 Å². The monoisotopic (exact) mass is 376 g/mol. The fourth-order valence-corrected chi connectivity index (χ4v) is 3.45. The van der Waals surface area contributed by atoms with Gasteiger partial charge < -0.3 is 26.4 Å². The average Bonchev–Trinajstić information content (AvgIpc) is 3.28. The van der Waals surface area contributed by atoms with Gasteiger partial charge in [-0.1, -0.05) is 11.8 Å². The molecule has 1 saturated heterocycles. The van der Waals surface area contributed by atoms with Crippen molar-refractivity contribution in [2.45, 2.75) is 19.3 Å². The molecule has 0 aliphatic carbocycles. The number of anilines is 1. The Labute approximate surface area is 154 Å². The van der Waals surface area contributed by atoms with Gasteiger partial charge in [-0.25, -0.2) is 14.8 Å². The van der Waals surface area contributed by atoms with Gasteiger partial charge in [0.15, 0.2) is 0 Å². The molecule has 2 aliphatic rings. The lowest BCUT2D eigenvalue weighted by Crippen LogP contribution is -2.27. The number of carbonyl (C=O) groups excluding carboxylic acids is 1. The van der Waals surface area contributed by atoms with Crippen LogP contribution in [-0.2, 0) is 9.59 Å². The molecule has 1 aromatic rings. The maximum absolute atomic E-state index is 11.6. The Morgan fingerprint density at radius 1 is 1.50 bits per heavy atom. The number of rotatable bonds is 7. The van der Waals surface area contributed by atoms with E-state index < -0.39 is 5.97 Å². The molecule has 138 valence electrons. The number of carboxylic acid groups (broad SMARTS) is 1. The van der Waals surface area contributed by atoms with E-state index in [2.05, 4.69) is 20.6 Å². The van der Waals surface area contributed by atoms with Crippen LogP contribution in [0.4, 0.5) is 5.95 Å². The van der Waals surface area contributed by atoms with Crippen molar-refractivity contribution >= 4 is 35.3 Å². The molecule has 3 heterocycles. The molecule has 0 aromatic carbocycles. The predicted molar refractivity (Wildman–Crippen MR) is 98.5 cm³/mol. The van der Waals surface area contributed by atoms with Crippen LogP contribution in [0.25, 0.3) is 5.70 Å². The average molecular weight is 376 g/mol. The van der Waals surface area contributed by atoms with Crippen LogP contribution < -0.4 is 16.4 Å². The van der Waals surface area contributed by atoms with Gasteiger partial charge in [0.05, 0.1) is 11.4 Å². The van der Waals surface area contributed by atoms with Crippen molar-refractivity contribution in [1.82, 2.24) is 20.2 Å². The number of nitrogens with zero attached hydrogens (tertiary/aromatic N) is 3. The van der Waals surface area contributed by atoms with Crippen molar-refractivity contribution < 1.29 is 14.7 Å². The Morgan fingerprint density at radius 3 is 3.04 bits per heavy atom. The van der Waals surface area contributed by atoms with Crippen molar-refractivity contribution in [3.05, 3.63) is 34.1 Å². The minimum absolute atomic E-state index is 0.0804. The first-order chi connectivity index (χ1) is 12.5. The summed E-state index contributed by atoms with van der Waals surface area (Å²) in [5, 5.41) is 16.9. The third-order valence-corrected chi connectivity index (χ3v) is 4.92. The van der Waals surface area contributed by atoms with E-state index in [1.54, 1.807) is 12.3 Å². The highest BCUT2D eigenvalue weighted by Crippen LogP contribution is 2.28. The quantitative estimate of drug-likeness (QED) is 0.509. The van der Waals surface area contributed by atoms with Crippen LogP contribution in [0.15, 0.2) is 28.4 Å². The normalized spacial score (nSPS) is 18.5. The molecular weight excluding hydrogens is 356 g/mol. The largest absolute Gasteiger partial charge is 0.477 e. The second kappa shape index (κ2) is 8.09. The van der Waals surface area contributed by atoms with Gasteiger partial charge in [-0.2, -0.15) is 0 Å². The van der Waals surface area contributed by atoms with Crippen LogP contribution >= 0.6 is 11.8 Å². The lowest BCUT2D eigenvalue weighted by atomic mass is 10.3. The Balaban J connectivity index is 1.55. The molecule has 5 N–H and O–H groups in total. The lowest BCUT2D eigenvalue weighted by Gasteiger charge is -2.15. The molecule has 0 bridgehead atoms. The number of aromatic nitrogens is 2. The molecular formula is C16H20N6O3S.